The molecule has 11 heavy (non-hydrogen) atoms. The van der Waals surface area contributed by atoms with Gasteiger partial charge in [0.2, 0.25) is 0 Å². The van der Waals surface area contributed by atoms with E-state index in [1.165, 1.54) is 5.57 Å². The van der Waals surface area contributed by atoms with E-state index >= 15 is 0 Å². The molecule has 0 amide bonds. The highest BCUT2D eigenvalue weighted by Gasteiger charge is 2.34. The van der Waals surface area contributed by atoms with Crippen LogP contribution < -0.4 is 0 Å². The number of hydrogen-bond donors (Lipinski definition) is 0. The molecule has 1 heteroatoms. The van der Waals surface area contributed by atoms with Crippen LogP contribution in [0, 0.1) is 5.41 Å². The van der Waals surface area contributed by atoms with Crippen LogP contribution in [0.25, 0.3) is 0 Å². The molecule has 1 nitrogen and oxygen atoms in total. The van der Waals surface area contributed by atoms with E-state index in [-0.39, 0.29) is 5.41 Å². The lowest BCUT2D eigenvalue weighted by atomic mass is 9.84. The van der Waals surface area contributed by atoms with Crippen LogP contribution in [0.1, 0.15) is 40.5 Å². The minimum Gasteiger partial charge on any atom is -0.295 e. The second-order valence-electron chi connectivity index (χ2n) is 3.94. The van der Waals surface area contributed by atoms with E-state index in [1.54, 1.807) is 0 Å². The summed E-state index contributed by atoms with van der Waals surface area (Å²) in [5.74, 6) is 0.340. The van der Waals surface area contributed by atoms with Crippen molar-refractivity contribution in [1.29, 1.82) is 0 Å². The second-order valence-corrected chi connectivity index (χ2v) is 3.94. The van der Waals surface area contributed by atoms with Crippen molar-refractivity contribution in [2.75, 3.05) is 0 Å². The molecule has 0 bridgehead atoms. The van der Waals surface area contributed by atoms with Gasteiger partial charge in [0.05, 0.1) is 0 Å². The summed E-state index contributed by atoms with van der Waals surface area (Å²) in [6, 6.07) is 0. The first-order valence-corrected chi connectivity index (χ1v) is 4.22. The van der Waals surface area contributed by atoms with Crippen LogP contribution in [0.3, 0.4) is 0 Å². The van der Waals surface area contributed by atoms with Gasteiger partial charge in [-0.1, -0.05) is 26.3 Å². The molecule has 0 aromatic carbocycles. The first-order valence-electron chi connectivity index (χ1n) is 4.22. The zero-order chi connectivity index (χ0) is 8.65. The standard InChI is InChI=1S/C10H16O/c1-5-8-7(2)9(11)6-10(8,3)4/h5-6H2,1-4H3. The number of carbonyl (C=O) groups excluding carboxylic acids is 1. The molecular formula is C10H16O. The summed E-state index contributed by atoms with van der Waals surface area (Å²) >= 11 is 0. The van der Waals surface area contributed by atoms with Crippen molar-refractivity contribution in [3.05, 3.63) is 11.1 Å². The van der Waals surface area contributed by atoms with Gasteiger partial charge in [-0.2, -0.15) is 0 Å². The highest BCUT2D eigenvalue weighted by atomic mass is 16.1. The average Bonchev–Trinajstić information content (AvgIpc) is 2.03. The molecular weight excluding hydrogens is 136 g/mol. The van der Waals surface area contributed by atoms with E-state index in [9.17, 15) is 4.79 Å². The molecule has 1 rings (SSSR count). The normalized spacial score (nSPS) is 23.1. The molecule has 0 aromatic rings. The molecule has 0 N–H and O–H groups in total. The fraction of sp³-hybridized carbons (Fsp3) is 0.700. The molecule has 62 valence electrons. The predicted molar refractivity (Wildman–Crippen MR) is 46.4 cm³/mol. The third kappa shape index (κ3) is 1.24. The van der Waals surface area contributed by atoms with Gasteiger partial charge in [0.15, 0.2) is 5.78 Å². The van der Waals surface area contributed by atoms with Gasteiger partial charge in [-0.25, -0.2) is 0 Å². The number of rotatable bonds is 1. The quantitative estimate of drug-likeness (QED) is 0.564. The minimum atomic E-state index is 0.135. The van der Waals surface area contributed by atoms with E-state index in [4.69, 9.17) is 0 Å². The molecule has 0 radical (unpaired) electrons. The van der Waals surface area contributed by atoms with Crippen molar-refractivity contribution in [2.45, 2.75) is 40.5 Å². The molecule has 0 saturated heterocycles. The second kappa shape index (κ2) is 2.47. The topological polar surface area (TPSA) is 17.1 Å². The van der Waals surface area contributed by atoms with Gasteiger partial charge in [0.1, 0.15) is 0 Å². The summed E-state index contributed by atoms with van der Waals surface area (Å²) in [5.41, 5.74) is 2.50. The maximum atomic E-state index is 11.3. The average molecular weight is 152 g/mol. The maximum absolute atomic E-state index is 11.3. The molecule has 0 spiro atoms. The number of Topliss-reactive ketones (excluding diaryl/α,β-unsaturated/α-hetero) is 1. The van der Waals surface area contributed by atoms with Crippen molar-refractivity contribution in [1.82, 2.24) is 0 Å². The number of hydrogen-bond acceptors (Lipinski definition) is 1. The van der Waals surface area contributed by atoms with E-state index in [2.05, 4.69) is 20.8 Å². The predicted octanol–water partition coefficient (Wildman–Crippen LogP) is 2.71. The van der Waals surface area contributed by atoms with Crippen molar-refractivity contribution < 1.29 is 4.79 Å². The summed E-state index contributed by atoms with van der Waals surface area (Å²) in [6.07, 6.45) is 1.73. The zero-order valence-corrected chi connectivity index (χ0v) is 7.82. The maximum Gasteiger partial charge on any atom is 0.159 e. The molecule has 0 unspecified atom stereocenters. The Morgan fingerprint density at radius 3 is 2.18 bits per heavy atom. The van der Waals surface area contributed by atoms with Crippen LogP contribution in [0.5, 0.6) is 0 Å². The van der Waals surface area contributed by atoms with Crippen molar-refractivity contribution in [3.8, 4) is 0 Å². The summed E-state index contributed by atoms with van der Waals surface area (Å²) < 4.78 is 0. The Balaban J connectivity index is 3.06. The monoisotopic (exact) mass is 152 g/mol. The molecule has 0 aromatic heterocycles. The zero-order valence-electron chi connectivity index (χ0n) is 7.82. The van der Waals surface area contributed by atoms with Crippen LogP contribution in [0.2, 0.25) is 0 Å². The Labute approximate surface area is 68.5 Å². The number of carbonyl (C=O) groups is 1. The first-order chi connectivity index (χ1) is 4.99. The van der Waals surface area contributed by atoms with Gasteiger partial charge in [0, 0.05) is 6.42 Å². The third-order valence-electron chi connectivity index (χ3n) is 2.64. The van der Waals surface area contributed by atoms with Gasteiger partial charge >= 0.3 is 0 Å². The molecule has 0 atom stereocenters. The molecule has 0 heterocycles. The van der Waals surface area contributed by atoms with Gasteiger partial charge in [-0.3, -0.25) is 4.79 Å². The van der Waals surface area contributed by atoms with Crippen molar-refractivity contribution in [2.24, 2.45) is 5.41 Å². The SMILES string of the molecule is CCC1=C(C)C(=O)CC1(C)C. The Morgan fingerprint density at radius 2 is 2.00 bits per heavy atom. The van der Waals surface area contributed by atoms with Crippen LogP contribution in [-0.2, 0) is 4.79 Å². The Kier molecular flexibility index (Phi) is 1.91. The van der Waals surface area contributed by atoms with Gasteiger partial charge in [-0.05, 0) is 24.3 Å². The first kappa shape index (κ1) is 8.51. The Hall–Kier alpha value is -0.590. The van der Waals surface area contributed by atoms with Crippen molar-refractivity contribution in [3.63, 3.8) is 0 Å². The van der Waals surface area contributed by atoms with Gasteiger partial charge in [-0.15, -0.1) is 0 Å². The molecule has 0 fully saturated rings. The summed E-state index contributed by atoms with van der Waals surface area (Å²) in [5, 5.41) is 0. The summed E-state index contributed by atoms with van der Waals surface area (Å²) in [6.45, 7) is 8.38. The number of allylic oxidation sites excluding steroid dienone is 2. The summed E-state index contributed by atoms with van der Waals surface area (Å²) in [4.78, 5) is 11.3. The Bertz CT molecular complexity index is 221. The van der Waals surface area contributed by atoms with Crippen LogP contribution in [-0.4, -0.2) is 5.78 Å². The van der Waals surface area contributed by atoms with E-state index in [1.807, 2.05) is 6.92 Å². The lowest BCUT2D eigenvalue weighted by molar-refractivity contribution is -0.115. The van der Waals surface area contributed by atoms with E-state index < -0.39 is 0 Å². The largest absolute Gasteiger partial charge is 0.295 e. The highest BCUT2D eigenvalue weighted by Crippen LogP contribution is 2.41. The van der Waals surface area contributed by atoms with E-state index in [0.29, 0.717) is 12.2 Å². The molecule has 1 aliphatic carbocycles. The lowest BCUT2D eigenvalue weighted by Crippen LogP contribution is -2.10. The molecule has 0 saturated carbocycles. The van der Waals surface area contributed by atoms with Gasteiger partial charge in [0.25, 0.3) is 0 Å². The minimum absolute atomic E-state index is 0.135. The van der Waals surface area contributed by atoms with Gasteiger partial charge < -0.3 is 0 Å². The van der Waals surface area contributed by atoms with Crippen molar-refractivity contribution >= 4 is 5.78 Å². The lowest BCUT2D eigenvalue weighted by Gasteiger charge is -2.20. The molecule has 1 aliphatic rings. The number of ketones is 1. The Morgan fingerprint density at radius 1 is 1.45 bits per heavy atom. The molecule has 0 aliphatic heterocycles. The third-order valence-corrected chi connectivity index (χ3v) is 2.64. The highest BCUT2D eigenvalue weighted by molar-refractivity contribution is 5.99. The van der Waals surface area contributed by atoms with Crippen LogP contribution in [0.15, 0.2) is 11.1 Å². The fourth-order valence-corrected chi connectivity index (χ4v) is 2.06. The van der Waals surface area contributed by atoms with E-state index in [0.717, 1.165) is 12.0 Å². The summed E-state index contributed by atoms with van der Waals surface area (Å²) in [7, 11) is 0. The fourth-order valence-electron chi connectivity index (χ4n) is 2.06. The van der Waals surface area contributed by atoms with Crippen LogP contribution >= 0.6 is 0 Å². The smallest absolute Gasteiger partial charge is 0.159 e. The van der Waals surface area contributed by atoms with Crippen LogP contribution in [0.4, 0.5) is 0 Å².